The fraction of sp³-hybridized carbons (Fsp3) is 0.429. The SMILES string of the molecule is CNc1nc(C(C)C)nc(NCc2sccc2Br)c1C. The minimum atomic E-state index is 0.303. The Balaban J connectivity index is 2.26. The van der Waals surface area contributed by atoms with Gasteiger partial charge in [-0.2, -0.15) is 0 Å². The Labute approximate surface area is 132 Å². The van der Waals surface area contributed by atoms with Crippen molar-refractivity contribution in [1.29, 1.82) is 0 Å². The lowest BCUT2D eigenvalue weighted by molar-refractivity contribution is 0.773. The second-order valence-electron chi connectivity index (χ2n) is 4.85. The Bertz CT molecular complexity index is 595. The summed E-state index contributed by atoms with van der Waals surface area (Å²) in [6, 6.07) is 2.06. The zero-order valence-electron chi connectivity index (χ0n) is 12.1. The van der Waals surface area contributed by atoms with Crippen LogP contribution in [0.1, 0.15) is 36.0 Å². The van der Waals surface area contributed by atoms with Crippen molar-refractivity contribution in [3.8, 4) is 0 Å². The topological polar surface area (TPSA) is 49.8 Å². The molecule has 108 valence electrons. The fourth-order valence-electron chi connectivity index (χ4n) is 1.82. The molecular formula is C14H19BrN4S. The molecule has 0 bridgehead atoms. The first-order chi connectivity index (χ1) is 9.52. The zero-order valence-corrected chi connectivity index (χ0v) is 14.5. The summed E-state index contributed by atoms with van der Waals surface area (Å²) in [4.78, 5) is 10.4. The molecule has 4 nitrogen and oxygen atoms in total. The number of nitrogens with zero attached hydrogens (tertiary/aromatic N) is 2. The number of rotatable bonds is 5. The molecule has 0 saturated carbocycles. The van der Waals surface area contributed by atoms with Crippen LogP contribution in [0, 0.1) is 6.92 Å². The van der Waals surface area contributed by atoms with Crippen LogP contribution in [0.25, 0.3) is 0 Å². The van der Waals surface area contributed by atoms with E-state index in [9.17, 15) is 0 Å². The monoisotopic (exact) mass is 354 g/mol. The number of hydrogen-bond acceptors (Lipinski definition) is 5. The zero-order chi connectivity index (χ0) is 14.7. The van der Waals surface area contributed by atoms with E-state index in [-0.39, 0.29) is 0 Å². The summed E-state index contributed by atoms with van der Waals surface area (Å²) >= 11 is 5.28. The lowest BCUT2D eigenvalue weighted by Crippen LogP contribution is -2.10. The van der Waals surface area contributed by atoms with E-state index in [1.54, 1.807) is 11.3 Å². The molecule has 0 unspecified atom stereocenters. The second kappa shape index (κ2) is 6.54. The first kappa shape index (κ1) is 15.3. The molecule has 2 rings (SSSR count). The third kappa shape index (κ3) is 3.30. The van der Waals surface area contributed by atoms with Crippen LogP contribution in [-0.4, -0.2) is 17.0 Å². The van der Waals surface area contributed by atoms with Gasteiger partial charge in [0.2, 0.25) is 0 Å². The van der Waals surface area contributed by atoms with Gasteiger partial charge >= 0.3 is 0 Å². The van der Waals surface area contributed by atoms with Crippen molar-refractivity contribution in [3.63, 3.8) is 0 Å². The summed E-state index contributed by atoms with van der Waals surface area (Å²) in [6.07, 6.45) is 0. The minimum absolute atomic E-state index is 0.303. The van der Waals surface area contributed by atoms with Crippen molar-refractivity contribution >= 4 is 38.9 Å². The van der Waals surface area contributed by atoms with Crippen molar-refractivity contribution in [3.05, 3.63) is 32.2 Å². The van der Waals surface area contributed by atoms with Crippen molar-refractivity contribution in [2.75, 3.05) is 17.7 Å². The highest BCUT2D eigenvalue weighted by Gasteiger charge is 2.12. The maximum atomic E-state index is 4.64. The van der Waals surface area contributed by atoms with Gasteiger partial charge in [-0.3, -0.25) is 0 Å². The van der Waals surface area contributed by atoms with E-state index in [0.717, 1.165) is 34.0 Å². The van der Waals surface area contributed by atoms with Crippen LogP contribution >= 0.6 is 27.3 Å². The van der Waals surface area contributed by atoms with Crippen molar-refractivity contribution < 1.29 is 0 Å². The average molecular weight is 355 g/mol. The van der Waals surface area contributed by atoms with E-state index in [0.29, 0.717) is 5.92 Å². The Morgan fingerprint density at radius 3 is 2.55 bits per heavy atom. The lowest BCUT2D eigenvalue weighted by Gasteiger charge is -2.15. The van der Waals surface area contributed by atoms with E-state index in [4.69, 9.17) is 0 Å². The standard InChI is InChI=1S/C14H19BrN4S/c1-8(2)12-18-13(16-4)9(3)14(19-12)17-7-11-10(15)5-6-20-11/h5-6,8H,7H2,1-4H3,(H2,16,17,18,19). The van der Waals surface area contributed by atoms with Crippen molar-refractivity contribution in [2.45, 2.75) is 33.2 Å². The summed E-state index contributed by atoms with van der Waals surface area (Å²) in [5.41, 5.74) is 1.05. The van der Waals surface area contributed by atoms with E-state index < -0.39 is 0 Å². The molecule has 0 aliphatic carbocycles. The van der Waals surface area contributed by atoms with Gasteiger partial charge in [0, 0.05) is 27.9 Å². The van der Waals surface area contributed by atoms with Crippen LogP contribution in [0.5, 0.6) is 0 Å². The molecule has 0 saturated heterocycles. The molecule has 0 amide bonds. The van der Waals surface area contributed by atoms with Gasteiger partial charge in [-0.05, 0) is 34.3 Å². The molecule has 0 aliphatic heterocycles. The molecule has 0 fully saturated rings. The van der Waals surface area contributed by atoms with Crippen LogP contribution in [0.15, 0.2) is 15.9 Å². The average Bonchev–Trinajstić information content (AvgIpc) is 2.83. The van der Waals surface area contributed by atoms with E-state index in [2.05, 4.69) is 61.8 Å². The highest BCUT2D eigenvalue weighted by atomic mass is 79.9. The predicted octanol–water partition coefficient (Wildman–Crippen LogP) is 4.39. The van der Waals surface area contributed by atoms with E-state index in [1.807, 2.05) is 14.0 Å². The molecule has 6 heteroatoms. The summed E-state index contributed by atoms with van der Waals surface area (Å²) in [5, 5.41) is 8.63. The molecule has 2 N–H and O–H groups in total. The summed E-state index contributed by atoms with van der Waals surface area (Å²) in [7, 11) is 1.89. The van der Waals surface area contributed by atoms with Crippen LogP contribution < -0.4 is 10.6 Å². The summed E-state index contributed by atoms with van der Waals surface area (Å²) in [6.45, 7) is 6.99. The van der Waals surface area contributed by atoms with Crippen molar-refractivity contribution in [1.82, 2.24) is 9.97 Å². The normalized spacial score (nSPS) is 10.9. The molecule has 0 aliphatic rings. The number of nitrogens with one attached hydrogen (secondary N) is 2. The van der Waals surface area contributed by atoms with E-state index in [1.165, 1.54) is 4.88 Å². The van der Waals surface area contributed by atoms with Gasteiger partial charge in [0.25, 0.3) is 0 Å². The first-order valence-corrected chi connectivity index (χ1v) is 8.22. The van der Waals surface area contributed by atoms with Gasteiger partial charge in [-0.15, -0.1) is 11.3 Å². The minimum Gasteiger partial charge on any atom is -0.373 e. The number of anilines is 2. The molecule has 0 radical (unpaired) electrons. The quantitative estimate of drug-likeness (QED) is 0.835. The Kier molecular flexibility index (Phi) is 4.99. The number of hydrogen-bond donors (Lipinski definition) is 2. The Hall–Kier alpha value is -1.14. The molecule has 2 heterocycles. The van der Waals surface area contributed by atoms with Gasteiger partial charge in [-0.1, -0.05) is 13.8 Å². The molecular weight excluding hydrogens is 336 g/mol. The predicted molar refractivity (Wildman–Crippen MR) is 89.8 cm³/mol. The highest BCUT2D eigenvalue weighted by Crippen LogP contribution is 2.26. The van der Waals surface area contributed by atoms with Gasteiger partial charge in [0.15, 0.2) is 0 Å². The van der Waals surface area contributed by atoms with Gasteiger partial charge < -0.3 is 10.6 Å². The summed E-state index contributed by atoms with van der Waals surface area (Å²) < 4.78 is 1.14. The number of thiophene rings is 1. The largest absolute Gasteiger partial charge is 0.373 e. The van der Waals surface area contributed by atoms with E-state index >= 15 is 0 Å². The van der Waals surface area contributed by atoms with Crippen LogP contribution in [-0.2, 0) is 6.54 Å². The van der Waals surface area contributed by atoms with Gasteiger partial charge in [-0.25, -0.2) is 9.97 Å². The summed E-state index contributed by atoms with van der Waals surface area (Å²) in [5.74, 6) is 2.94. The lowest BCUT2D eigenvalue weighted by atomic mass is 10.2. The van der Waals surface area contributed by atoms with Crippen LogP contribution in [0.4, 0.5) is 11.6 Å². The molecule has 0 aromatic carbocycles. The molecule has 0 spiro atoms. The maximum Gasteiger partial charge on any atom is 0.135 e. The molecule has 2 aromatic rings. The third-order valence-corrected chi connectivity index (χ3v) is 4.95. The smallest absolute Gasteiger partial charge is 0.135 e. The van der Waals surface area contributed by atoms with Crippen molar-refractivity contribution in [2.24, 2.45) is 0 Å². The fourth-order valence-corrected chi connectivity index (χ4v) is 3.26. The number of aromatic nitrogens is 2. The maximum absolute atomic E-state index is 4.64. The van der Waals surface area contributed by atoms with Crippen LogP contribution in [0.2, 0.25) is 0 Å². The Morgan fingerprint density at radius 1 is 1.30 bits per heavy atom. The third-order valence-electron chi connectivity index (χ3n) is 3.02. The Morgan fingerprint density at radius 2 is 2.00 bits per heavy atom. The first-order valence-electron chi connectivity index (χ1n) is 6.55. The molecule has 20 heavy (non-hydrogen) atoms. The second-order valence-corrected chi connectivity index (χ2v) is 6.71. The van der Waals surface area contributed by atoms with Crippen LogP contribution in [0.3, 0.4) is 0 Å². The highest BCUT2D eigenvalue weighted by molar-refractivity contribution is 9.10. The molecule has 2 aromatic heterocycles. The van der Waals surface area contributed by atoms with Gasteiger partial charge in [0.05, 0.1) is 6.54 Å². The van der Waals surface area contributed by atoms with Gasteiger partial charge in [0.1, 0.15) is 17.5 Å². The number of halogens is 1. The molecule has 0 atom stereocenters.